The number of hydrogen-bond donors (Lipinski definition) is 1. The molecule has 4 rings (SSSR count). The molecule has 0 radical (unpaired) electrons. The molecule has 1 aromatic heterocycles. The van der Waals surface area contributed by atoms with Gasteiger partial charge in [-0.05, 0) is 29.8 Å². The highest BCUT2D eigenvalue weighted by Gasteiger charge is 2.49. The van der Waals surface area contributed by atoms with E-state index in [2.05, 4.69) is 30.7 Å². The normalized spacial score (nSPS) is 22.0. The number of benzene rings is 2. The number of carbonyl (C=O) groups is 2. The van der Waals surface area contributed by atoms with Crippen LogP contribution in [0.4, 0.5) is 0 Å². The molecule has 2 heterocycles. The predicted molar refractivity (Wildman–Crippen MR) is 107 cm³/mol. The number of azide groups is 1. The lowest BCUT2D eigenvalue weighted by Crippen LogP contribution is -2.35. The molecule has 1 fully saturated rings. The van der Waals surface area contributed by atoms with Gasteiger partial charge in [-0.15, -0.1) is 10.2 Å². The summed E-state index contributed by atoms with van der Waals surface area (Å²) >= 11 is 0. The van der Waals surface area contributed by atoms with Crippen molar-refractivity contribution in [2.24, 2.45) is 5.11 Å². The van der Waals surface area contributed by atoms with Crippen molar-refractivity contribution in [3.8, 4) is 0 Å². The standard InChI is InChI=1S/C20H17N7O5/c21-25-22-15-14(11-30-19(28)12-7-3-1-4-8-12)31-17(18-23-26-27-24-18)16(15)32-20(29)13-9-5-2-6-10-13/h1-10,14-17H,11H2,(H,23,24,26,27)/t14-,15+,16-,17-/m1/s1. The van der Waals surface area contributed by atoms with Crippen molar-refractivity contribution in [2.45, 2.75) is 24.4 Å². The molecular formula is C20H17N7O5. The number of aromatic amines is 1. The summed E-state index contributed by atoms with van der Waals surface area (Å²) in [5, 5.41) is 17.3. The van der Waals surface area contributed by atoms with Crippen LogP contribution < -0.4 is 0 Å². The molecule has 0 bridgehead atoms. The SMILES string of the molecule is [N-]=[N+]=N[C@@H]1[C@@H](OC(=O)c2ccccc2)[C@H](c2nn[nH]n2)O[C@@H]1COC(=O)c1ccccc1. The molecule has 0 aliphatic carbocycles. The van der Waals surface area contributed by atoms with Crippen LogP contribution >= 0.6 is 0 Å². The van der Waals surface area contributed by atoms with Crippen LogP contribution in [0.15, 0.2) is 65.8 Å². The molecule has 1 N–H and O–H groups in total. The van der Waals surface area contributed by atoms with Crippen LogP contribution in [0.5, 0.6) is 0 Å². The van der Waals surface area contributed by atoms with Crippen molar-refractivity contribution in [1.82, 2.24) is 20.6 Å². The Morgan fingerprint density at radius 2 is 1.72 bits per heavy atom. The van der Waals surface area contributed by atoms with Crippen LogP contribution in [0.1, 0.15) is 32.6 Å². The highest BCUT2D eigenvalue weighted by atomic mass is 16.6. The monoisotopic (exact) mass is 435 g/mol. The molecule has 32 heavy (non-hydrogen) atoms. The van der Waals surface area contributed by atoms with E-state index >= 15 is 0 Å². The van der Waals surface area contributed by atoms with Gasteiger partial charge in [0, 0.05) is 4.91 Å². The number of nitrogens with zero attached hydrogens (tertiary/aromatic N) is 6. The third kappa shape index (κ3) is 4.56. The summed E-state index contributed by atoms with van der Waals surface area (Å²) in [6.45, 7) is -0.245. The molecule has 0 amide bonds. The van der Waals surface area contributed by atoms with Gasteiger partial charge in [-0.25, -0.2) is 9.59 Å². The second kappa shape index (κ2) is 9.69. The number of hydrogen-bond acceptors (Lipinski definition) is 9. The smallest absolute Gasteiger partial charge is 0.338 e. The molecule has 1 aliphatic heterocycles. The van der Waals surface area contributed by atoms with E-state index in [1.54, 1.807) is 60.7 Å². The third-order valence-corrected chi connectivity index (χ3v) is 4.78. The Kier molecular flexibility index (Phi) is 6.35. The molecule has 0 saturated carbocycles. The van der Waals surface area contributed by atoms with Gasteiger partial charge in [0.15, 0.2) is 6.10 Å². The van der Waals surface area contributed by atoms with E-state index < -0.39 is 36.3 Å². The van der Waals surface area contributed by atoms with E-state index in [4.69, 9.17) is 19.7 Å². The summed E-state index contributed by atoms with van der Waals surface area (Å²) in [4.78, 5) is 27.8. The number of tetrazole rings is 1. The zero-order valence-electron chi connectivity index (χ0n) is 16.5. The fourth-order valence-corrected chi connectivity index (χ4v) is 3.29. The van der Waals surface area contributed by atoms with Gasteiger partial charge in [-0.1, -0.05) is 46.7 Å². The van der Waals surface area contributed by atoms with E-state index in [1.807, 2.05) is 0 Å². The van der Waals surface area contributed by atoms with Crippen molar-refractivity contribution in [3.05, 3.63) is 88.1 Å². The molecule has 4 atom stereocenters. The highest BCUT2D eigenvalue weighted by molar-refractivity contribution is 5.90. The van der Waals surface area contributed by atoms with Gasteiger partial charge in [0.05, 0.1) is 11.1 Å². The van der Waals surface area contributed by atoms with E-state index in [1.165, 1.54) is 0 Å². The maximum absolute atomic E-state index is 12.7. The summed E-state index contributed by atoms with van der Waals surface area (Å²) in [6, 6.07) is 15.7. The Hall–Kier alpha value is -4.28. The lowest BCUT2D eigenvalue weighted by Gasteiger charge is -2.20. The van der Waals surface area contributed by atoms with Crippen LogP contribution in [0.2, 0.25) is 0 Å². The summed E-state index contributed by atoms with van der Waals surface area (Å²) in [5.41, 5.74) is 9.75. The highest BCUT2D eigenvalue weighted by Crippen LogP contribution is 2.36. The summed E-state index contributed by atoms with van der Waals surface area (Å²) in [7, 11) is 0. The number of esters is 2. The van der Waals surface area contributed by atoms with Crippen LogP contribution in [0.3, 0.4) is 0 Å². The molecule has 1 saturated heterocycles. The minimum absolute atomic E-state index is 0.103. The first kappa shape index (κ1) is 21.0. The Balaban J connectivity index is 1.55. The largest absolute Gasteiger partial charge is 0.459 e. The zero-order valence-corrected chi connectivity index (χ0v) is 16.5. The van der Waals surface area contributed by atoms with Gasteiger partial charge in [-0.2, -0.15) is 5.21 Å². The zero-order chi connectivity index (χ0) is 22.3. The van der Waals surface area contributed by atoms with Crippen molar-refractivity contribution in [2.75, 3.05) is 6.61 Å². The van der Waals surface area contributed by atoms with Crippen LogP contribution in [-0.4, -0.2) is 57.4 Å². The van der Waals surface area contributed by atoms with Crippen molar-refractivity contribution >= 4 is 11.9 Å². The quantitative estimate of drug-likeness (QED) is 0.256. The summed E-state index contributed by atoms with van der Waals surface area (Å²) < 4.78 is 16.9. The Labute approximate surface area is 181 Å². The molecule has 162 valence electrons. The number of nitrogens with one attached hydrogen (secondary N) is 1. The molecule has 2 aromatic carbocycles. The Morgan fingerprint density at radius 1 is 1.06 bits per heavy atom. The van der Waals surface area contributed by atoms with Crippen LogP contribution in [0, 0.1) is 0 Å². The predicted octanol–water partition coefficient (Wildman–Crippen LogP) is 2.40. The van der Waals surface area contributed by atoms with Gasteiger partial charge >= 0.3 is 11.9 Å². The fraction of sp³-hybridized carbons (Fsp3) is 0.250. The minimum Gasteiger partial charge on any atom is -0.459 e. The Bertz CT molecular complexity index is 1100. The van der Waals surface area contributed by atoms with Gasteiger partial charge in [0.2, 0.25) is 5.82 Å². The average molecular weight is 435 g/mol. The van der Waals surface area contributed by atoms with Gasteiger partial charge in [0.25, 0.3) is 0 Å². The van der Waals surface area contributed by atoms with Crippen LogP contribution in [-0.2, 0) is 14.2 Å². The van der Waals surface area contributed by atoms with Crippen molar-refractivity contribution in [1.29, 1.82) is 0 Å². The molecule has 12 nitrogen and oxygen atoms in total. The second-order valence-corrected chi connectivity index (χ2v) is 6.76. The molecule has 3 aromatic rings. The van der Waals surface area contributed by atoms with E-state index in [0.717, 1.165) is 0 Å². The maximum atomic E-state index is 12.7. The topological polar surface area (TPSA) is 165 Å². The molecule has 12 heteroatoms. The lowest BCUT2D eigenvalue weighted by atomic mass is 10.0. The van der Waals surface area contributed by atoms with E-state index in [0.29, 0.717) is 11.1 Å². The first-order valence-corrected chi connectivity index (χ1v) is 9.58. The van der Waals surface area contributed by atoms with E-state index in [-0.39, 0.29) is 12.4 Å². The average Bonchev–Trinajstić information content (AvgIpc) is 3.48. The fourth-order valence-electron chi connectivity index (χ4n) is 3.29. The summed E-state index contributed by atoms with van der Waals surface area (Å²) in [5.74, 6) is -1.12. The summed E-state index contributed by atoms with van der Waals surface area (Å²) in [6.07, 6.45) is -2.97. The molecule has 0 spiro atoms. The molecular weight excluding hydrogens is 418 g/mol. The van der Waals surface area contributed by atoms with E-state index in [9.17, 15) is 9.59 Å². The second-order valence-electron chi connectivity index (χ2n) is 6.76. The third-order valence-electron chi connectivity index (χ3n) is 4.78. The Morgan fingerprint density at radius 3 is 2.31 bits per heavy atom. The number of carbonyl (C=O) groups excluding carboxylic acids is 2. The van der Waals surface area contributed by atoms with Crippen molar-refractivity contribution < 1.29 is 23.8 Å². The molecule has 0 unspecified atom stereocenters. The number of ether oxygens (including phenoxy) is 3. The number of H-pyrrole nitrogens is 1. The number of aromatic nitrogens is 4. The van der Waals surface area contributed by atoms with Gasteiger partial charge in [-0.3, -0.25) is 0 Å². The number of rotatable bonds is 7. The first-order valence-electron chi connectivity index (χ1n) is 9.58. The lowest BCUT2D eigenvalue weighted by molar-refractivity contribution is -0.0322. The molecule has 1 aliphatic rings. The first-order chi connectivity index (χ1) is 15.7. The van der Waals surface area contributed by atoms with Crippen LogP contribution in [0.25, 0.3) is 10.4 Å². The van der Waals surface area contributed by atoms with Gasteiger partial charge in [0.1, 0.15) is 24.9 Å². The maximum Gasteiger partial charge on any atom is 0.338 e. The van der Waals surface area contributed by atoms with Gasteiger partial charge < -0.3 is 14.2 Å². The van der Waals surface area contributed by atoms with Crippen molar-refractivity contribution in [3.63, 3.8) is 0 Å². The minimum atomic E-state index is -1.07.